The van der Waals surface area contributed by atoms with Gasteiger partial charge in [0.25, 0.3) is 0 Å². The number of hydrogen-bond donors (Lipinski definition) is 2. The summed E-state index contributed by atoms with van der Waals surface area (Å²) in [5.74, 6) is 2.22. The van der Waals surface area contributed by atoms with Crippen LogP contribution in [-0.4, -0.2) is 24.2 Å². The summed E-state index contributed by atoms with van der Waals surface area (Å²) >= 11 is 0. The van der Waals surface area contributed by atoms with Crippen molar-refractivity contribution >= 4 is 12.0 Å². The highest BCUT2D eigenvalue weighted by molar-refractivity contribution is 5.92. The number of phenolic OH excluding ortho intramolecular Hbond substituents is 1. The third-order valence-corrected chi connectivity index (χ3v) is 4.98. The number of aromatic hydroxyl groups is 1. The minimum Gasteiger partial charge on any atom is -0.504 e. The number of methoxy groups -OCH3 is 1. The molecule has 2 N–H and O–H groups in total. The Morgan fingerprint density at radius 2 is 2.12 bits per heavy atom. The molecular weight excluding hydrogens is 302 g/mol. The van der Waals surface area contributed by atoms with Crippen LogP contribution in [0.4, 0.5) is 0 Å². The molecule has 1 aromatic rings. The number of hydrogen-bond acceptors (Lipinski definition) is 3. The zero-order valence-corrected chi connectivity index (χ0v) is 15.1. The van der Waals surface area contributed by atoms with Crippen LogP contribution in [0.5, 0.6) is 11.5 Å². The first kappa shape index (κ1) is 18.4. The van der Waals surface area contributed by atoms with Crippen LogP contribution < -0.4 is 10.1 Å². The van der Waals surface area contributed by atoms with Crippen molar-refractivity contribution in [1.29, 1.82) is 0 Å². The second-order valence-corrected chi connectivity index (χ2v) is 7.21. The Bertz CT molecular complexity index is 595. The summed E-state index contributed by atoms with van der Waals surface area (Å²) in [5, 5.41) is 12.8. The van der Waals surface area contributed by atoms with Gasteiger partial charge in [-0.05, 0) is 54.4 Å². The van der Waals surface area contributed by atoms with Crippen LogP contribution >= 0.6 is 0 Å². The highest BCUT2D eigenvalue weighted by Crippen LogP contribution is 2.33. The van der Waals surface area contributed by atoms with Gasteiger partial charge in [0.05, 0.1) is 7.11 Å². The van der Waals surface area contributed by atoms with Crippen molar-refractivity contribution in [3.63, 3.8) is 0 Å². The molecule has 0 radical (unpaired) electrons. The summed E-state index contributed by atoms with van der Waals surface area (Å²) in [6.07, 6.45) is 6.78. The molecule has 1 fully saturated rings. The normalized spacial score (nSPS) is 24.3. The van der Waals surface area contributed by atoms with Crippen LogP contribution in [0.15, 0.2) is 24.3 Å². The maximum atomic E-state index is 12.3. The topological polar surface area (TPSA) is 58.6 Å². The lowest BCUT2D eigenvalue weighted by molar-refractivity contribution is -0.118. The maximum absolute atomic E-state index is 12.3. The maximum Gasteiger partial charge on any atom is 0.244 e. The molecule has 4 heteroatoms. The molecule has 0 aromatic heterocycles. The molecule has 2 rings (SSSR count). The second kappa shape index (κ2) is 8.22. The molecule has 132 valence electrons. The Labute approximate surface area is 144 Å². The van der Waals surface area contributed by atoms with E-state index in [9.17, 15) is 9.90 Å². The number of amides is 1. The molecule has 3 atom stereocenters. The Morgan fingerprint density at radius 3 is 2.79 bits per heavy atom. The molecule has 1 aliphatic rings. The van der Waals surface area contributed by atoms with Crippen LogP contribution in [0.3, 0.4) is 0 Å². The van der Waals surface area contributed by atoms with Crippen molar-refractivity contribution in [3.05, 3.63) is 29.8 Å². The van der Waals surface area contributed by atoms with E-state index < -0.39 is 0 Å². The predicted molar refractivity (Wildman–Crippen MR) is 97.0 cm³/mol. The van der Waals surface area contributed by atoms with Crippen molar-refractivity contribution < 1.29 is 14.6 Å². The minimum atomic E-state index is -0.0632. The highest BCUT2D eigenvalue weighted by atomic mass is 16.5. The Balaban J connectivity index is 2.01. The van der Waals surface area contributed by atoms with E-state index in [1.807, 2.05) is 0 Å². The minimum absolute atomic E-state index is 0.0632. The first-order chi connectivity index (χ1) is 11.4. The van der Waals surface area contributed by atoms with Gasteiger partial charge in [-0.3, -0.25) is 4.79 Å². The average Bonchev–Trinajstić information content (AvgIpc) is 2.53. The Morgan fingerprint density at radius 1 is 1.38 bits per heavy atom. The lowest BCUT2D eigenvalue weighted by Gasteiger charge is -2.37. The van der Waals surface area contributed by atoms with Crippen molar-refractivity contribution in [1.82, 2.24) is 5.32 Å². The van der Waals surface area contributed by atoms with E-state index in [1.165, 1.54) is 20.0 Å². The summed E-state index contributed by atoms with van der Waals surface area (Å²) in [7, 11) is 1.51. The molecule has 0 saturated heterocycles. The molecule has 1 aliphatic carbocycles. The van der Waals surface area contributed by atoms with Gasteiger partial charge in [-0.2, -0.15) is 0 Å². The van der Waals surface area contributed by atoms with Gasteiger partial charge in [-0.25, -0.2) is 0 Å². The van der Waals surface area contributed by atoms with Crippen molar-refractivity contribution in [2.24, 2.45) is 17.8 Å². The van der Waals surface area contributed by atoms with Gasteiger partial charge < -0.3 is 15.2 Å². The third-order valence-electron chi connectivity index (χ3n) is 4.98. The largest absolute Gasteiger partial charge is 0.504 e. The van der Waals surface area contributed by atoms with Crippen molar-refractivity contribution in [2.45, 2.75) is 46.1 Å². The Hall–Kier alpha value is -1.97. The standard InChI is InChI=1S/C20H29NO3/c1-13(2)16-8-5-14(3)11-17(16)21-20(23)10-7-15-6-9-18(22)19(12-15)24-4/h6-7,9-10,12-14,16-17,22H,5,8,11H2,1-4H3,(H,21,23)/b10-7+/t14-,16+,17+/m1/s1. The lowest BCUT2D eigenvalue weighted by atomic mass is 9.74. The molecule has 24 heavy (non-hydrogen) atoms. The third kappa shape index (κ3) is 4.76. The number of phenols is 1. The fourth-order valence-electron chi connectivity index (χ4n) is 3.57. The highest BCUT2D eigenvalue weighted by Gasteiger charge is 2.31. The van der Waals surface area contributed by atoms with E-state index in [-0.39, 0.29) is 17.7 Å². The van der Waals surface area contributed by atoms with Gasteiger partial charge >= 0.3 is 0 Å². The van der Waals surface area contributed by atoms with Crippen molar-refractivity contribution in [3.8, 4) is 11.5 Å². The summed E-state index contributed by atoms with van der Waals surface area (Å²) < 4.78 is 5.08. The number of nitrogens with one attached hydrogen (secondary N) is 1. The molecule has 1 aromatic carbocycles. The smallest absolute Gasteiger partial charge is 0.244 e. The molecule has 1 saturated carbocycles. The first-order valence-corrected chi connectivity index (χ1v) is 8.76. The zero-order chi connectivity index (χ0) is 17.7. The monoisotopic (exact) mass is 331 g/mol. The summed E-state index contributed by atoms with van der Waals surface area (Å²) in [6.45, 7) is 6.73. The molecule has 4 nitrogen and oxygen atoms in total. The molecule has 0 unspecified atom stereocenters. The quantitative estimate of drug-likeness (QED) is 0.802. The van der Waals surface area contributed by atoms with Gasteiger partial charge in [-0.1, -0.05) is 33.3 Å². The van der Waals surface area contributed by atoms with Crippen LogP contribution in [-0.2, 0) is 4.79 Å². The zero-order valence-electron chi connectivity index (χ0n) is 15.1. The lowest BCUT2D eigenvalue weighted by Crippen LogP contribution is -2.45. The van der Waals surface area contributed by atoms with E-state index >= 15 is 0 Å². The van der Waals surface area contributed by atoms with E-state index in [2.05, 4.69) is 26.1 Å². The number of carbonyl (C=O) groups excluding carboxylic acids is 1. The Kier molecular flexibility index (Phi) is 6.29. The van der Waals surface area contributed by atoms with Gasteiger partial charge in [-0.15, -0.1) is 0 Å². The number of ether oxygens (including phenoxy) is 1. The first-order valence-electron chi connectivity index (χ1n) is 8.76. The number of rotatable bonds is 5. The van der Waals surface area contributed by atoms with E-state index in [4.69, 9.17) is 4.74 Å². The average molecular weight is 331 g/mol. The van der Waals surface area contributed by atoms with E-state index in [0.29, 0.717) is 23.5 Å². The number of benzene rings is 1. The molecule has 0 heterocycles. The molecular formula is C20H29NO3. The summed E-state index contributed by atoms with van der Waals surface area (Å²) in [5.41, 5.74) is 0.817. The van der Waals surface area contributed by atoms with Crippen LogP contribution in [0.2, 0.25) is 0 Å². The summed E-state index contributed by atoms with van der Waals surface area (Å²) in [4.78, 5) is 12.3. The summed E-state index contributed by atoms with van der Waals surface area (Å²) in [6, 6.07) is 5.27. The van der Waals surface area contributed by atoms with Gasteiger partial charge in [0.1, 0.15) is 0 Å². The fraction of sp³-hybridized carbons (Fsp3) is 0.550. The van der Waals surface area contributed by atoms with Crippen molar-refractivity contribution in [2.75, 3.05) is 7.11 Å². The second-order valence-electron chi connectivity index (χ2n) is 7.21. The molecule has 1 amide bonds. The molecule has 0 bridgehead atoms. The van der Waals surface area contributed by atoms with Gasteiger partial charge in [0.15, 0.2) is 11.5 Å². The van der Waals surface area contributed by atoms with E-state index in [1.54, 1.807) is 30.4 Å². The van der Waals surface area contributed by atoms with E-state index in [0.717, 1.165) is 12.0 Å². The van der Waals surface area contributed by atoms with Gasteiger partial charge in [0, 0.05) is 12.1 Å². The SMILES string of the molecule is COc1cc(/C=C/C(=O)N[C@H]2C[C@H](C)CC[C@H]2C(C)C)ccc1O. The van der Waals surface area contributed by atoms with Crippen LogP contribution in [0, 0.1) is 17.8 Å². The molecule has 0 spiro atoms. The fourth-order valence-corrected chi connectivity index (χ4v) is 3.57. The van der Waals surface area contributed by atoms with Crippen LogP contribution in [0.25, 0.3) is 6.08 Å². The molecule has 0 aliphatic heterocycles. The number of carbonyl (C=O) groups is 1. The van der Waals surface area contributed by atoms with Gasteiger partial charge in [0.2, 0.25) is 5.91 Å². The predicted octanol–water partition coefficient (Wildman–Crippen LogP) is 3.99. The van der Waals surface area contributed by atoms with Crippen LogP contribution in [0.1, 0.15) is 45.6 Å².